The molecular weight excluding hydrogens is 512 g/mol. The van der Waals surface area contributed by atoms with Gasteiger partial charge in [0.05, 0.1) is 35.8 Å². The van der Waals surface area contributed by atoms with Gasteiger partial charge in [-0.1, -0.05) is 12.1 Å². The van der Waals surface area contributed by atoms with Crippen molar-refractivity contribution in [1.82, 2.24) is 15.3 Å². The van der Waals surface area contributed by atoms with E-state index >= 15 is 0 Å². The van der Waals surface area contributed by atoms with Crippen molar-refractivity contribution in [1.29, 1.82) is 0 Å². The number of H-pyrrole nitrogens is 1. The van der Waals surface area contributed by atoms with E-state index in [1.165, 1.54) is 0 Å². The highest BCUT2D eigenvalue weighted by molar-refractivity contribution is 6.18. The molecule has 3 aromatic heterocycles. The monoisotopic (exact) mass is 544 g/mol. The second-order valence-electron chi connectivity index (χ2n) is 10.9. The van der Waals surface area contributed by atoms with Crippen molar-refractivity contribution < 1.29 is 9.21 Å². The number of carbonyl (C=O) groups is 1. The number of hydrogen-bond donors (Lipinski definition) is 4. The van der Waals surface area contributed by atoms with E-state index < -0.39 is 0 Å². The number of aliphatic imine (C=N–C) groups is 1. The summed E-state index contributed by atoms with van der Waals surface area (Å²) in [5.74, 6) is 0.478. The number of piperidine rings is 1. The summed E-state index contributed by atoms with van der Waals surface area (Å²) in [6.07, 6.45) is 9.66. The van der Waals surface area contributed by atoms with Gasteiger partial charge in [0.1, 0.15) is 6.67 Å². The minimum atomic E-state index is 0.0465. The van der Waals surface area contributed by atoms with E-state index in [0.29, 0.717) is 24.7 Å². The van der Waals surface area contributed by atoms with Gasteiger partial charge in [0.25, 0.3) is 0 Å². The van der Waals surface area contributed by atoms with Crippen LogP contribution >= 0.6 is 0 Å². The third-order valence-corrected chi connectivity index (χ3v) is 8.14. The molecule has 8 heteroatoms. The maximum absolute atomic E-state index is 12.8. The lowest BCUT2D eigenvalue weighted by molar-refractivity contribution is -0.117. The standard InChI is InChI=1S/C33H32N6O2/c1-20-11-30-28(14-26(20)23-13-24(17-35-16-23)38-32(40)12-21-5-8-34-9-6-21)33(37-19-36-30)31-15-27-25(22-7-10-41-18-22)3-2-4-29(27)39-31/h2-4,7,10-11,13-18,21,34,36,39H,5-6,8-9,12,19H2,1H3,(H,38,40). The van der Waals surface area contributed by atoms with Crippen LogP contribution in [0.3, 0.4) is 0 Å². The SMILES string of the molecule is Cc1cc2c(cc1-c1cncc(NC(=O)CC3CCNCC3)c1)C(c1cc3c(-c4ccoc4)cccc3[nH]1)=NCN2. The molecule has 0 atom stereocenters. The number of aromatic amines is 1. The van der Waals surface area contributed by atoms with Crippen LogP contribution in [0.4, 0.5) is 11.4 Å². The zero-order chi connectivity index (χ0) is 27.8. The van der Waals surface area contributed by atoms with Crippen LogP contribution in [0.1, 0.15) is 36.1 Å². The fraction of sp³-hybridized carbons (Fsp3) is 0.242. The number of aromatic nitrogens is 2. The molecule has 0 spiro atoms. The second kappa shape index (κ2) is 10.7. The Morgan fingerprint density at radius 1 is 1.02 bits per heavy atom. The van der Waals surface area contributed by atoms with Gasteiger partial charge >= 0.3 is 0 Å². The fourth-order valence-corrected chi connectivity index (χ4v) is 6.05. The van der Waals surface area contributed by atoms with Crippen LogP contribution in [0.2, 0.25) is 0 Å². The Kier molecular flexibility index (Phi) is 6.60. The minimum absolute atomic E-state index is 0.0465. The molecule has 0 aliphatic carbocycles. The highest BCUT2D eigenvalue weighted by atomic mass is 16.3. The molecule has 2 aliphatic heterocycles. The first kappa shape index (κ1) is 25.3. The first-order valence-electron chi connectivity index (χ1n) is 14.2. The molecule has 0 saturated carbocycles. The lowest BCUT2D eigenvalue weighted by atomic mass is 9.93. The summed E-state index contributed by atoms with van der Waals surface area (Å²) < 4.78 is 5.34. The number of anilines is 2. The number of furan rings is 1. The number of rotatable bonds is 6. The third-order valence-electron chi connectivity index (χ3n) is 8.14. The maximum atomic E-state index is 12.8. The average molecular weight is 545 g/mol. The normalized spacial score (nSPS) is 15.3. The Balaban J connectivity index is 1.20. The van der Waals surface area contributed by atoms with Crippen LogP contribution < -0.4 is 16.0 Å². The van der Waals surface area contributed by atoms with Crippen molar-refractivity contribution in [2.45, 2.75) is 26.2 Å². The van der Waals surface area contributed by atoms with E-state index in [9.17, 15) is 4.79 Å². The zero-order valence-corrected chi connectivity index (χ0v) is 23.0. The van der Waals surface area contributed by atoms with E-state index in [4.69, 9.17) is 9.41 Å². The Labute approximate surface area is 238 Å². The molecule has 8 nitrogen and oxygen atoms in total. The Morgan fingerprint density at radius 3 is 2.78 bits per heavy atom. The van der Waals surface area contributed by atoms with Crippen molar-refractivity contribution in [2.75, 3.05) is 30.4 Å². The lowest BCUT2D eigenvalue weighted by Gasteiger charge is -2.22. The molecule has 0 bridgehead atoms. The van der Waals surface area contributed by atoms with Crippen molar-refractivity contribution in [3.05, 3.63) is 90.3 Å². The zero-order valence-electron chi connectivity index (χ0n) is 23.0. The van der Waals surface area contributed by atoms with Crippen molar-refractivity contribution in [2.24, 2.45) is 10.9 Å². The number of pyridine rings is 1. The molecular formula is C33H32N6O2. The van der Waals surface area contributed by atoms with E-state index in [0.717, 1.165) is 87.3 Å². The highest BCUT2D eigenvalue weighted by Crippen LogP contribution is 2.35. The predicted octanol–water partition coefficient (Wildman–Crippen LogP) is 6.35. The summed E-state index contributed by atoms with van der Waals surface area (Å²) in [7, 11) is 0. The number of nitrogens with zero attached hydrogens (tertiary/aromatic N) is 2. The predicted molar refractivity (Wildman–Crippen MR) is 163 cm³/mol. The molecule has 0 radical (unpaired) electrons. The van der Waals surface area contributed by atoms with Crippen molar-refractivity contribution in [3.8, 4) is 22.3 Å². The van der Waals surface area contributed by atoms with E-state index in [2.05, 4.69) is 69.2 Å². The van der Waals surface area contributed by atoms with Gasteiger partial charge in [-0.25, -0.2) is 0 Å². The summed E-state index contributed by atoms with van der Waals surface area (Å²) in [6, 6.07) is 16.7. The van der Waals surface area contributed by atoms with Crippen LogP contribution in [0.15, 0.2) is 82.9 Å². The molecule has 5 heterocycles. The topological polar surface area (TPSA) is 107 Å². The minimum Gasteiger partial charge on any atom is -0.472 e. The third kappa shape index (κ3) is 5.02. The van der Waals surface area contributed by atoms with Crippen molar-refractivity contribution >= 4 is 33.9 Å². The molecule has 41 heavy (non-hydrogen) atoms. The molecule has 2 aromatic carbocycles. The molecule has 1 saturated heterocycles. The Bertz CT molecular complexity index is 1760. The Hall–Kier alpha value is -4.69. The van der Waals surface area contributed by atoms with Crippen LogP contribution in [0.5, 0.6) is 0 Å². The molecule has 2 aliphatic rings. The van der Waals surface area contributed by atoms with Crippen LogP contribution in [-0.4, -0.2) is 41.3 Å². The van der Waals surface area contributed by atoms with Crippen LogP contribution in [0, 0.1) is 12.8 Å². The molecule has 7 rings (SSSR count). The molecule has 1 fully saturated rings. The first-order chi connectivity index (χ1) is 20.1. The smallest absolute Gasteiger partial charge is 0.224 e. The molecule has 0 unspecified atom stereocenters. The quantitative estimate of drug-likeness (QED) is 0.199. The highest BCUT2D eigenvalue weighted by Gasteiger charge is 2.21. The summed E-state index contributed by atoms with van der Waals surface area (Å²) in [5, 5.41) is 11.0. The van der Waals surface area contributed by atoms with Crippen molar-refractivity contribution in [3.63, 3.8) is 0 Å². The molecule has 4 N–H and O–H groups in total. The number of aryl methyl sites for hydroxylation is 1. The second-order valence-corrected chi connectivity index (χ2v) is 10.9. The summed E-state index contributed by atoms with van der Waals surface area (Å²) in [4.78, 5) is 25.7. The fourth-order valence-electron chi connectivity index (χ4n) is 6.05. The van der Waals surface area contributed by atoms with Crippen LogP contribution in [0.25, 0.3) is 33.2 Å². The van der Waals surface area contributed by atoms with Gasteiger partial charge in [0.2, 0.25) is 5.91 Å². The number of hydrogen-bond acceptors (Lipinski definition) is 6. The van der Waals surface area contributed by atoms with E-state index in [1.54, 1.807) is 18.7 Å². The maximum Gasteiger partial charge on any atom is 0.224 e. The van der Waals surface area contributed by atoms with Gasteiger partial charge in [-0.2, -0.15) is 0 Å². The van der Waals surface area contributed by atoms with E-state index in [1.807, 2.05) is 18.3 Å². The molecule has 5 aromatic rings. The van der Waals surface area contributed by atoms with Gasteiger partial charge in [-0.05, 0) is 91.9 Å². The van der Waals surface area contributed by atoms with Gasteiger partial charge in [-0.3, -0.25) is 14.8 Å². The van der Waals surface area contributed by atoms with Gasteiger partial charge < -0.3 is 25.4 Å². The number of carbonyl (C=O) groups excluding carboxylic acids is 1. The number of benzene rings is 2. The number of fused-ring (bicyclic) bond motifs is 2. The Morgan fingerprint density at radius 2 is 1.93 bits per heavy atom. The first-order valence-corrected chi connectivity index (χ1v) is 14.2. The summed E-state index contributed by atoms with van der Waals surface area (Å²) >= 11 is 0. The summed E-state index contributed by atoms with van der Waals surface area (Å²) in [5.41, 5.74) is 11.0. The van der Waals surface area contributed by atoms with E-state index in [-0.39, 0.29) is 5.91 Å². The average Bonchev–Trinajstić information content (AvgIpc) is 3.68. The van der Waals surface area contributed by atoms with Gasteiger partial charge in [-0.15, -0.1) is 0 Å². The molecule has 206 valence electrons. The van der Waals surface area contributed by atoms with Crippen LogP contribution in [-0.2, 0) is 4.79 Å². The van der Waals surface area contributed by atoms with Gasteiger partial charge in [0, 0.05) is 45.9 Å². The number of amides is 1. The largest absolute Gasteiger partial charge is 0.472 e. The van der Waals surface area contributed by atoms with Gasteiger partial charge in [0.15, 0.2) is 0 Å². The molecule has 1 amide bonds. The lowest BCUT2D eigenvalue weighted by Crippen LogP contribution is -2.30. The number of nitrogens with one attached hydrogen (secondary N) is 4. The summed E-state index contributed by atoms with van der Waals surface area (Å²) in [6.45, 7) is 4.57.